The van der Waals surface area contributed by atoms with Gasteiger partial charge in [0.2, 0.25) is 5.91 Å². The smallest absolute Gasteiger partial charge is 0.220 e. The van der Waals surface area contributed by atoms with Crippen molar-refractivity contribution in [2.45, 2.75) is 24.9 Å². The molecule has 5 nitrogen and oxygen atoms in total. The lowest BCUT2D eigenvalue weighted by atomic mass is 9.93. The zero-order valence-electron chi connectivity index (χ0n) is 10.9. The molecule has 1 saturated heterocycles. The molecule has 1 aliphatic carbocycles. The number of nitrogens with zero attached hydrogens (tertiary/aromatic N) is 2. The molecule has 2 aliphatic heterocycles. The first kappa shape index (κ1) is 11.1. The van der Waals surface area contributed by atoms with Crippen molar-refractivity contribution in [2.75, 3.05) is 18.7 Å². The number of hydroxylamine groups is 1. The number of carbonyl (C=O) groups is 1. The highest BCUT2D eigenvalue weighted by atomic mass is 16.5. The molecule has 0 aromatic heterocycles. The number of ether oxygens (including phenoxy) is 1. The van der Waals surface area contributed by atoms with E-state index in [0.29, 0.717) is 30.5 Å². The number of carbonyl (C=O) groups excluding carboxylic acids is 1. The molecular weight excluding hydrogens is 244 g/mol. The van der Waals surface area contributed by atoms with Gasteiger partial charge in [-0.05, 0) is 23.8 Å². The van der Waals surface area contributed by atoms with E-state index < -0.39 is 0 Å². The summed E-state index contributed by atoms with van der Waals surface area (Å²) in [7, 11) is 1.65. The van der Waals surface area contributed by atoms with Crippen molar-refractivity contribution in [2.24, 2.45) is 5.92 Å². The molecule has 2 fully saturated rings. The van der Waals surface area contributed by atoms with Crippen molar-refractivity contribution in [3.05, 3.63) is 23.8 Å². The second-order valence-corrected chi connectivity index (χ2v) is 5.60. The van der Waals surface area contributed by atoms with Crippen LogP contribution in [0.1, 0.15) is 18.4 Å². The summed E-state index contributed by atoms with van der Waals surface area (Å²) in [6.45, 7) is 2.24. The van der Waals surface area contributed by atoms with E-state index in [-0.39, 0.29) is 5.91 Å². The van der Waals surface area contributed by atoms with Gasteiger partial charge in [0.15, 0.2) is 0 Å². The average Bonchev–Trinajstić information content (AvgIpc) is 3.25. The third-order valence-corrected chi connectivity index (χ3v) is 4.66. The zero-order chi connectivity index (χ0) is 13.3. The van der Waals surface area contributed by atoms with Gasteiger partial charge in [-0.15, -0.1) is 0 Å². The Kier molecular flexibility index (Phi) is 2.00. The van der Waals surface area contributed by atoms with Crippen molar-refractivity contribution in [1.82, 2.24) is 4.90 Å². The number of likely N-dealkylation sites (tertiary alicyclic amines) is 1. The predicted molar refractivity (Wildman–Crippen MR) is 68.5 cm³/mol. The maximum absolute atomic E-state index is 11.3. The van der Waals surface area contributed by atoms with Crippen LogP contribution in [0.2, 0.25) is 0 Å². The van der Waals surface area contributed by atoms with Gasteiger partial charge < -0.3 is 9.64 Å². The maximum atomic E-state index is 11.3. The topological polar surface area (TPSA) is 52.8 Å². The third-order valence-electron chi connectivity index (χ3n) is 4.66. The molecule has 0 radical (unpaired) electrons. The van der Waals surface area contributed by atoms with Crippen LogP contribution in [-0.4, -0.2) is 41.8 Å². The second kappa shape index (κ2) is 3.42. The van der Waals surface area contributed by atoms with Gasteiger partial charge in [0, 0.05) is 18.8 Å². The van der Waals surface area contributed by atoms with Gasteiger partial charge in [-0.2, -0.15) is 0 Å². The Morgan fingerprint density at radius 3 is 2.79 bits per heavy atom. The lowest BCUT2D eigenvalue weighted by Crippen LogP contribution is -2.28. The van der Waals surface area contributed by atoms with Gasteiger partial charge in [0.05, 0.1) is 31.4 Å². The Morgan fingerprint density at radius 1 is 1.42 bits per heavy atom. The van der Waals surface area contributed by atoms with Crippen molar-refractivity contribution in [3.8, 4) is 5.75 Å². The predicted octanol–water partition coefficient (Wildman–Crippen LogP) is 1.22. The first-order chi connectivity index (χ1) is 9.13. The fourth-order valence-corrected chi connectivity index (χ4v) is 3.64. The monoisotopic (exact) mass is 260 g/mol. The highest BCUT2D eigenvalue weighted by Crippen LogP contribution is 2.64. The molecule has 1 amide bonds. The van der Waals surface area contributed by atoms with E-state index in [2.05, 4.69) is 0 Å². The fourth-order valence-electron chi connectivity index (χ4n) is 3.64. The molecule has 3 unspecified atom stereocenters. The van der Waals surface area contributed by atoms with Gasteiger partial charge in [-0.25, -0.2) is 0 Å². The Labute approximate surface area is 111 Å². The largest absolute Gasteiger partial charge is 0.497 e. The summed E-state index contributed by atoms with van der Waals surface area (Å²) >= 11 is 0. The number of rotatable bonds is 2. The number of hydrogen-bond donors (Lipinski definition) is 1. The first-order valence-electron chi connectivity index (χ1n) is 6.56. The van der Waals surface area contributed by atoms with Gasteiger partial charge >= 0.3 is 0 Å². The number of hydrogen-bond acceptors (Lipinski definition) is 4. The van der Waals surface area contributed by atoms with Gasteiger partial charge in [0.1, 0.15) is 5.75 Å². The second-order valence-electron chi connectivity index (χ2n) is 5.60. The molecular formula is C14H16N2O3. The van der Waals surface area contributed by atoms with Crippen LogP contribution in [0.3, 0.4) is 0 Å². The molecule has 0 spiro atoms. The van der Waals surface area contributed by atoms with E-state index in [0.717, 1.165) is 17.0 Å². The molecule has 19 heavy (non-hydrogen) atoms. The maximum Gasteiger partial charge on any atom is 0.220 e. The van der Waals surface area contributed by atoms with Crippen molar-refractivity contribution >= 4 is 11.6 Å². The number of amides is 1. The molecule has 1 N–H and O–H groups in total. The summed E-state index contributed by atoms with van der Waals surface area (Å²) in [6, 6.07) is 6.58. The summed E-state index contributed by atoms with van der Waals surface area (Å²) in [5.74, 6) is 1.79. The fraction of sp³-hybridized carbons (Fsp3) is 0.500. The van der Waals surface area contributed by atoms with Gasteiger partial charge in [0.25, 0.3) is 0 Å². The lowest BCUT2D eigenvalue weighted by Gasteiger charge is -2.19. The molecule has 1 aromatic rings. The Bertz CT molecular complexity index is 564. The number of fused-ring (bicyclic) bond motifs is 2. The highest BCUT2D eigenvalue weighted by Gasteiger charge is 2.76. The van der Waals surface area contributed by atoms with E-state index >= 15 is 0 Å². The summed E-state index contributed by atoms with van der Waals surface area (Å²) in [5.41, 5.74) is 2.01. The van der Waals surface area contributed by atoms with E-state index in [1.807, 2.05) is 23.1 Å². The van der Waals surface area contributed by atoms with Crippen molar-refractivity contribution in [1.29, 1.82) is 0 Å². The van der Waals surface area contributed by atoms with Crippen LogP contribution in [0.15, 0.2) is 18.2 Å². The molecule has 1 saturated carbocycles. The van der Waals surface area contributed by atoms with Crippen LogP contribution in [0.5, 0.6) is 5.75 Å². The Hall–Kier alpha value is -1.75. The van der Waals surface area contributed by atoms with Crippen LogP contribution in [0.25, 0.3) is 0 Å². The van der Waals surface area contributed by atoms with Crippen LogP contribution in [0.4, 0.5) is 5.69 Å². The van der Waals surface area contributed by atoms with Crippen LogP contribution in [-0.2, 0) is 4.79 Å². The standard InChI is InChI=1S/C14H16N2O3/c1-7(17)16-13-12(14(13)16)10-6-15(18)11-4-3-8(19-2)5-9(10)11/h3-5,10,12-14,18H,6H2,1-2H3. The molecule has 100 valence electrons. The molecule has 5 heteroatoms. The molecule has 0 bridgehead atoms. The average molecular weight is 260 g/mol. The Balaban J connectivity index is 1.60. The van der Waals surface area contributed by atoms with Crippen LogP contribution >= 0.6 is 0 Å². The Morgan fingerprint density at radius 2 is 2.16 bits per heavy atom. The number of methoxy groups -OCH3 is 1. The van der Waals surface area contributed by atoms with E-state index in [4.69, 9.17) is 4.74 Å². The van der Waals surface area contributed by atoms with Crippen molar-refractivity contribution < 1.29 is 14.7 Å². The van der Waals surface area contributed by atoms with E-state index in [1.54, 1.807) is 14.0 Å². The summed E-state index contributed by atoms with van der Waals surface area (Å²) in [4.78, 5) is 13.2. The van der Waals surface area contributed by atoms with Gasteiger partial charge in [-0.1, -0.05) is 0 Å². The minimum atomic E-state index is 0.163. The van der Waals surface area contributed by atoms with Crippen LogP contribution < -0.4 is 9.80 Å². The van der Waals surface area contributed by atoms with Crippen LogP contribution in [0, 0.1) is 5.92 Å². The van der Waals surface area contributed by atoms with Gasteiger partial charge in [-0.3, -0.25) is 15.1 Å². The highest BCUT2D eigenvalue weighted by molar-refractivity contribution is 5.80. The molecule has 4 rings (SSSR count). The first-order valence-corrected chi connectivity index (χ1v) is 6.56. The molecule has 2 heterocycles. The van der Waals surface area contributed by atoms with Crippen molar-refractivity contribution in [3.63, 3.8) is 0 Å². The normalized spacial score (nSPS) is 33.8. The minimum Gasteiger partial charge on any atom is -0.497 e. The summed E-state index contributed by atoms with van der Waals surface area (Å²) in [6.07, 6.45) is 0. The van der Waals surface area contributed by atoms with E-state index in [1.165, 1.54) is 5.06 Å². The summed E-state index contributed by atoms with van der Waals surface area (Å²) in [5, 5.41) is 11.3. The molecule has 1 aromatic carbocycles. The number of benzene rings is 1. The third kappa shape index (κ3) is 1.36. The molecule has 3 atom stereocenters. The minimum absolute atomic E-state index is 0.163. The number of anilines is 1. The lowest BCUT2D eigenvalue weighted by molar-refractivity contribution is -0.126. The quantitative estimate of drug-likeness (QED) is 0.812. The zero-order valence-corrected chi connectivity index (χ0v) is 10.9. The molecule has 3 aliphatic rings. The summed E-state index contributed by atoms with van der Waals surface area (Å²) < 4.78 is 5.26. The van der Waals surface area contributed by atoms with E-state index in [9.17, 15) is 10.0 Å². The SMILES string of the molecule is COc1ccc2c(c1)C(C1C3C1N3C(C)=O)CN2O.